The van der Waals surface area contributed by atoms with Crippen LogP contribution in [0, 0.1) is 19.7 Å². The minimum absolute atomic E-state index is 0.0496. The quantitative estimate of drug-likeness (QED) is 0.536. The monoisotopic (exact) mass is 429 g/mol. The van der Waals surface area contributed by atoms with Crippen molar-refractivity contribution in [3.8, 4) is 0 Å². The molecule has 3 aromatic carbocycles. The Hall–Kier alpha value is -3.31. The van der Waals surface area contributed by atoms with E-state index in [0.29, 0.717) is 13.0 Å². The van der Waals surface area contributed by atoms with E-state index < -0.39 is 0 Å². The van der Waals surface area contributed by atoms with Crippen molar-refractivity contribution in [2.45, 2.75) is 32.9 Å². The summed E-state index contributed by atoms with van der Waals surface area (Å²) in [7, 11) is 1.94. The average Bonchev–Trinajstić information content (AvgIpc) is 3.22. The van der Waals surface area contributed by atoms with Gasteiger partial charge in [0.1, 0.15) is 5.82 Å². The second-order valence-corrected chi connectivity index (χ2v) is 8.53. The molecule has 0 unspecified atom stereocenters. The van der Waals surface area contributed by atoms with Gasteiger partial charge in [0.05, 0.1) is 18.3 Å². The van der Waals surface area contributed by atoms with Crippen LogP contribution in [-0.4, -0.2) is 35.1 Å². The minimum Gasteiger partial charge on any atom is -0.293 e. The lowest BCUT2D eigenvalue weighted by molar-refractivity contribution is -0.134. The summed E-state index contributed by atoms with van der Waals surface area (Å²) in [6.07, 6.45) is 0.601. The number of hydrazone groups is 1. The second kappa shape index (κ2) is 9.45. The van der Waals surface area contributed by atoms with Crippen LogP contribution in [0.5, 0.6) is 0 Å². The van der Waals surface area contributed by atoms with Gasteiger partial charge < -0.3 is 0 Å². The molecule has 0 N–H and O–H groups in total. The third kappa shape index (κ3) is 4.94. The van der Waals surface area contributed by atoms with Crippen LogP contribution >= 0.6 is 0 Å². The van der Waals surface area contributed by atoms with Crippen LogP contribution in [0.15, 0.2) is 77.9 Å². The van der Waals surface area contributed by atoms with Crippen LogP contribution in [0.4, 0.5) is 4.39 Å². The smallest absolute Gasteiger partial charge is 0.257 e. The number of hydrogen-bond acceptors (Lipinski definition) is 3. The van der Waals surface area contributed by atoms with Crippen molar-refractivity contribution >= 4 is 11.6 Å². The Morgan fingerprint density at radius 3 is 2.50 bits per heavy atom. The molecule has 4 nitrogen and oxygen atoms in total. The van der Waals surface area contributed by atoms with E-state index in [1.807, 2.05) is 30.1 Å². The Balaban J connectivity index is 1.60. The van der Waals surface area contributed by atoms with Crippen LogP contribution in [0.3, 0.4) is 0 Å². The molecule has 0 aliphatic carbocycles. The van der Waals surface area contributed by atoms with Crippen LogP contribution in [0.1, 0.15) is 40.3 Å². The number of carbonyl (C=O) groups is 1. The molecule has 1 amide bonds. The average molecular weight is 430 g/mol. The van der Waals surface area contributed by atoms with Crippen molar-refractivity contribution in [3.63, 3.8) is 0 Å². The summed E-state index contributed by atoms with van der Waals surface area (Å²) in [6.45, 7) is 5.06. The molecule has 0 bridgehead atoms. The van der Waals surface area contributed by atoms with Gasteiger partial charge in [-0.05, 0) is 55.3 Å². The van der Waals surface area contributed by atoms with Gasteiger partial charge in [0.25, 0.3) is 5.91 Å². The van der Waals surface area contributed by atoms with Gasteiger partial charge in [0.15, 0.2) is 0 Å². The summed E-state index contributed by atoms with van der Waals surface area (Å²) in [5, 5.41) is 6.35. The molecule has 1 heterocycles. The first-order valence-electron chi connectivity index (χ1n) is 10.9. The Bertz CT molecular complexity index is 1130. The molecule has 1 aliphatic heterocycles. The zero-order chi connectivity index (χ0) is 22.7. The van der Waals surface area contributed by atoms with Crippen LogP contribution in [-0.2, 0) is 11.3 Å². The Labute approximate surface area is 189 Å². The van der Waals surface area contributed by atoms with Crippen molar-refractivity contribution in [1.82, 2.24) is 9.91 Å². The topological polar surface area (TPSA) is 35.9 Å². The molecule has 1 aliphatic rings. The summed E-state index contributed by atoms with van der Waals surface area (Å²) >= 11 is 0. The number of benzene rings is 3. The van der Waals surface area contributed by atoms with Gasteiger partial charge in [-0.3, -0.25) is 9.69 Å². The number of likely N-dealkylation sites (N-methyl/N-ethyl adjacent to an activating group) is 1. The van der Waals surface area contributed by atoms with Crippen molar-refractivity contribution in [1.29, 1.82) is 0 Å². The van der Waals surface area contributed by atoms with E-state index in [4.69, 9.17) is 5.10 Å². The second-order valence-electron chi connectivity index (χ2n) is 8.53. The zero-order valence-electron chi connectivity index (χ0n) is 18.8. The lowest BCUT2D eigenvalue weighted by Gasteiger charge is -2.26. The van der Waals surface area contributed by atoms with Gasteiger partial charge in [-0.25, -0.2) is 9.40 Å². The molecule has 0 fully saturated rings. The number of hydrogen-bond donors (Lipinski definition) is 0. The van der Waals surface area contributed by atoms with E-state index in [2.05, 4.69) is 44.2 Å². The standard InChI is InChI=1S/C27H28FN3O/c1-19-9-10-20(2)24(15-19)26-16-25(22-11-13-23(28)14-12-22)29-31(26)27(32)18-30(3)17-21-7-5-4-6-8-21/h4-15,26H,16-18H2,1-3H3/t26-/m0/s1. The predicted octanol–water partition coefficient (Wildman–Crippen LogP) is 5.25. The molecular formula is C27H28FN3O. The fourth-order valence-electron chi connectivity index (χ4n) is 4.17. The molecule has 0 spiro atoms. The molecule has 164 valence electrons. The number of carbonyl (C=O) groups excluding carboxylic acids is 1. The first-order valence-corrected chi connectivity index (χ1v) is 10.9. The highest BCUT2D eigenvalue weighted by molar-refractivity contribution is 6.03. The molecule has 5 heteroatoms. The van der Waals surface area contributed by atoms with Crippen molar-refractivity contribution in [2.75, 3.05) is 13.6 Å². The van der Waals surface area contributed by atoms with Crippen molar-refractivity contribution < 1.29 is 9.18 Å². The number of halogens is 1. The van der Waals surface area contributed by atoms with Crippen molar-refractivity contribution in [2.24, 2.45) is 5.10 Å². The van der Waals surface area contributed by atoms with Crippen LogP contribution < -0.4 is 0 Å². The van der Waals surface area contributed by atoms with Gasteiger partial charge in [0.2, 0.25) is 0 Å². The first kappa shape index (κ1) is 21.9. The SMILES string of the molecule is Cc1ccc(C)c([C@@H]2CC(c3ccc(F)cc3)=NN2C(=O)CN(C)Cc2ccccc2)c1. The summed E-state index contributed by atoms with van der Waals surface area (Å²) < 4.78 is 13.4. The van der Waals surface area contributed by atoms with E-state index in [0.717, 1.165) is 33.5 Å². The van der Waals surface area contributed by atoms with Gasteiger partial charge in [-0.15, -0.1) is 0 Å². The Morgan fingerprint density at radius 1 is 1.06 bits per heavy atom. The van der Waals surface area contributed by atoms with Crippen molar-refractivity contribution in [3.05, 3.63) is 106 Å². The highest BCUT2D eigenvalue weighted by atomic mass is 19.1. The summed E-state index contributed by atoms with van der Waals surface area (Å²) in [5.41, 5.74) is 6.18. The molecule has 32 heavy (non-hydrogen) atoms. The predicted molar refractivity (Wildman–Crippen MR) is 126 cm³/mol. The third-order valence-corrected chi connectivity index (χ3v) is 5.84. The van der Waals surface area contributed by atoms with E-state index in [9.17, 15) is 9.18 Å². The number of aryl methyl sites for hydroxylation is 2. The highest BCUT2D eigenvalue weighted by Gasteiger charge is 2.34. The van der Waals surface area contributed by atoms with Gasteiger partial charge in [0, 0.05) is 13.0 Å². The maximum Gasteiger partial charge on any atom is 0.257 e. The van der Waals surface area contributed by atoms with E-state index in [1.54, 1.807) is 17.1 Å². The molecular weight excluding hydrogens is 401 g/mol. The first-order chi connectivity index (χ1) is 15.4. The molecule has 1 atom stereocenters. The molecule has 0 aromatic heterocycles. The number of rotatable bonds is 6. The number of amides is 1. The largest absolute Gasteiger partial charge is 0.293 e. The van der Waals surface area contributed by atoms with Crippen LogP contribution in [0.2, 0.25) is 0 Å². The van der Waals surface area contributed by atoms with Crippen LogP contribution in [0.25, 0.3) is 0 Å². The lowest BCUT2D eigenvalue weighted by atomic mass is 9.94. The van der Waals surface area contributed by atoms with Gasteiger partial charge in [-0.2, -0.15) is 5.10 Å². The van der Waals surface area contributed by atoms with E-state index in [-0.39, 0.29) is 24.3 Å². The number of nitrogens with zero attached hydrogens (tertiary/aromatic N) is 3. The summed E-state index contributed by atoms with van der Waals surface area (Å²) in [4.78, 5) is 15.4. The minimum atomic E-state index is -0.283. The molecule has 0 saturated carbocycles. The summed E-state index contributed by atoms with van der Waals surface area (Å²) in [6, 6.07) is 22.5. The van der Waals surface area contributed by atoms with Gasteiger partial charge in [-0.1, -0.05) is 66.2 Å². The molecule has 4 rings (SSSR count). The fraction of sp³-hybridized carbons (Fsp3) is 0.259. The molecule has 0 saturated heterocycles. The Kier molecular flexibility index (Phi) is 6.47. The lowest BCUT2D eigenvalue weighted by Crippen LogP contribution is -2.36. The maximum atomic E-state index is 13.4. The van der Waals surface area contributed by atoms with E-state index in [1.165, 1.54) is 12.1 Å². The Morgan fingerprint density at radius 2 is 1.78 bits per heavy atom. The molecule has 3 aromatic rings. The summed E-state index contributed by atoms with van der Waals surface area (Å²) in [5.74, 6) is -0.333. The molecule has 0 radical (unpaired) electrons. The third-order valence-electron chi connectivity index (χ3n) is 5.84. The maximum absolute atomic E-state index is 13.4. The highest BCUT2D eigenvalue weighted by Crippen LogP contribution is 2.35. The van der Waals surface area contributed by atoms with Gasteiger partial charge >= 0.3 is 0 Å². The zero-order valence-corrected chi connectivity index (χ0v) is 18.8. The fourth-order valence-corrected chi connectivity index (χ4v) is 4.17. The van der Waals surface area contributed by atoms with E-state index >= 15 is 0 Å². The normalized spacial score (nSPS) is 15.8.